The maximum atomic E-state index is 14.2. The minimum Gasteiger partial charge on any atom is -0.479 e. The van der Waals surface area contributed by atoms with Crippen LogP contribution in [0.5, 0.6) is 5.88 Å². The fourth-order valence-electron chi connectivity index (χ4n) is 2.31. The van der Waals surface area contributed by atoms with Crippen LogP contribution in [-0.4, -0.2) is 61.8 Å². The Bertz CT molecular complexity index is 665. The number of fused-ring (bicyclic) bond motifs is 1. The maximum Gasteiger partial charge on any atom is 0.246 e. The molecule has 3 heterocycles. The van der Waals surface area contributed by atoms with Crippen molar-refractivity contribution in [2.75, 3.05) is 19.5 Å². The number of alkyl halides is 1. The van der Waals surface area contributed by atoms with Crippen molar-refractivity contribution in [3.05, 3.63) is 6.33 Å². The summed E-state index contributed by atoms with van der Waals surface area (Å²) in [7, 11) is 1.40. The number of nitrogen functional groups attached to an aromatic ring is 1. The lowest BCUT2D eigenvalue weighted by Gasteiger charge is -2.15. The zero-order valence-corrected chi connectivity index (χ0v) is 11.0. The Balaban J connectivity index is 2.07. The summed E-state index contributed by atoms with van der Waals surface area (Å²) in [6, 6.07) is 0. The highest BCUT2D eigenvalue weighted by Crippen LogP contribution is 2.34. The first kappa shape index (κ1) is 13.9. The van der Waals surface area contributed by atoms with Crippen molar-refractivity contribution in [1.29, 1.82) is 0 Å². The Hall–Kier alpha value is -2.04. The predicted molar refractivity (Wildman–Crippen MR) is 68.2 cm³/mol. The number of hydrogen-bond donors (Lipinski definition) is 3. The Morgan fingerprint density at radius 2 is 2.29 bits per heavy atom. The normalized spacial score (nSPS) is 29.1. The van der Waals surface area contributed by atoms with Gasteiger partial charge in [-0.2, -0.15) is 9.97 Å². The highest BCUT2D eigenvalue weighted by molar-refractivity contribution is 5.77. The standard InChI is InChI=1S/C11H14FN5O4/c1-20-9-6-8(15-11(13)16-9)17(3-14-6)10-5(12)7(19)4(2-18)21-10/h3-5,7,10,18-19H,2H2,1H3,(H2,13,15,16)/t4-,5+,7-,10-/m1/s1. The number of aliphatic hydroxyl groups is 2. The second-order valence-electron chi connectivity index (χ2n) is 4.60. The van der Waals surface area contributed by atoms with Crippen LogP contribution in [0.3, 0.4) is 0 Å². The number of anilines is 1. The number of hydrogen-bond acceptors (Lipinski definition) is 8. The third kappa shape index (κ3) is 2.07. The second-order valence-corrected chi connectivity index (χ2v) is 4.60. The molecule has 3 rings (SSSR count). The lowest BCUT2D eigenvalue weighted by molar-refractivity contribution is -0.0459. The van der Waals surface area contributed by atoms with Crippen LogP contribution in [0.2, 0.25) is 0 Å². The van der Waals surface area contributed by atoms with Gasteiger partial charge in [0.25, 0.3) is 0 Å². The van der Waals surface area contributed by atoms with E-state index < -0.39 is 31.2 Å². The highest BCUT2D eigenvalue weighted by atomic mass is 19.1. The zero-order chi connectivity index (χ0) is 15.1. The molecule has 10 heteroatoms. The molecule has 0 amide bonds. The van der Waals surface area contributed by atoms with Crippen molar-refractivity contribution in [1.82, 2.24) is 19.5 Å². The topological polar surface area (TPSA) is 129 Å². The third-order valence-electron chi connectivity index (χ3n) is 3.35. The Labute approximate surface area is 118 Å². The molecule has 2 aromatic rings. The Morgan fingerprint density at radius 1 is 1.52 bits per heavy atom. The summed E-state index contributed by atoms with van der Waals surface area (Å²) in [4.78, 5) is 11.9. The maximum absolute atomic E-state index is 14.2. The first-order chi connectivity index (χ1) is 10.1. The van der Waals surface area contributed by atoms with E-state index in [4.69, 9.17) is 20.3 Å². The van der Waals surface area contributed by atoms with E-state index in [-0.39, 0.29) is 17.5 Å². The van der Waals surface area contributed by atoms with E-state index in [1.54, 1.807) is 0 Å². The summed E-state index contributed by atoms with van der Waals surface area (Å²) >= 11 is 0. The molecule has 114 valence electrons. The Kier molecular flexibility index (Phi) is 3.35. The lowest BCUT2D eigenvalue weighted by atomic mass is 10.1. The van der Waals surface area contributed by atoms with Crippen molar-refractivity contribution in [3.63, 3.8) is 0 Å². The molecule has 0 aromatic carbocycles. The number of imidazole rings is 1. The number of halogens is 1. The summed E-state index contributed by atoms with van der Waals surface area (Å²) in [6.45, 7) is -0.495. The van der Waals surface area contributed by atoms with Gasteiger partial charge in [0, 0.05) is 0 Å². The van der Waals surface area contributed by atoms with E-state index in [2.05, 4.69) is 15.0 Å². The largest absolute Gasteiger partial charge is 0.479 e. The number of aliphatic hydroxyl groups excluding tert-OH is 2. The first-order valence-electron chi connectivity index (χ1n) is 6.19. The molecule has 1 saturated heterocycles. The van der Waals surface area contributed by atoms with Crippen LogP contribution in [0.1, 0.15) is 6.23 Å². The van der Waals surface area contributed by atoms with Crippen LogP contribution in [-0.2, 0) is 4.74 Å². The van der Waals surface area contributed by atoms with Gasteiger partial charge in [0.1, 0.15) is 12.2 Å². The molecule has 0 spiro atoms. The van der Waals surface area contributed by atoms with Gasteiger partial charge in [-0.1, -0.05) is 0 Å². The molecule has 9 nitrogen and oxygen atoms in total. The first-order valence-corrected chi connectivity index (χ1v) is 6.19. The van der Waals surface area contributed by atoms with E-state index >= 15 is 0 Å². The molecule has 0 radical (unpaired) electrons. The molecule has 21 heavy (non-hydrogen) atoms. The number of nitrogens with zero attached hydrogens (tertiary/aromatic N) is 4. The minimum absolute atomic E-state index is 0.0613. The molecular weight excluding hydrogens is 285 g/mol. The fraction of sp³-hybridized carbons (Fsp3) is 0.545. The quantitative estimate of drug-likeness (QED) is 0.658. The number of nitrogens with two attached hydrogens (primary N) is 1. The van der Waals surface area contributed by atoms with Crippen molar-refractivity contribution in [2.45, 2.75) is 24.6 Å². The van der Waals surface area contributed by atoms with Crippen molar-refractivity contribution >= 4 is 17.1 Å². The molecule has 4 atom stereocenters. The molecular formula is C11H14FN5O4. The van der Waals surface area contributed by atoms with Gasteiger partial charge in [-0.15, -0.1) is 0 Å². The third-order valence-corrected chi connectivity index (χ3v) is 3.35. The molecule has 4 N–H and O–H groups in total. The average Bonchev–Trinajstić information content (AvgIpc) is 3.01. The van der Waals surface area contributed by atoms with Gasteiger partial charge in [-0.3, -0.25) is 4.57 Å². The number of rotatable bonds is 3. The van der Waals surface area contributed by atoms with E-state index in [1.165, 1.54) is 18.0 Å². The molecule has 0 bridgehead atoms. The van der Waals surface area contributed by atoms with Crippen molar-refractivity contribution in [3.8, 4) is 5.88 Å². The average molecular weight is 299 g/mol. The summed E-state index contributed by atoms with van der Waals surface area (Å²) in [5.41, 5.74) is 6.09. The molecule has 1 aliphatic rings. The van der Waals surface area contributed by atoms with Crippen LogP contribution < -0.4 is 10.5 Å². The van der Waals surface area contributed by atoms with Gasteiger partial charge < -0.3 is 25.4 Å². The van der Waals surface area contributed by atoms with Crippen LogP contribution in [0.4, 0.5) is 10.3 Å². The monoisotopic (exact) mass is 299 g/mol. The van der Waals surface area contributed by atoms with E-state index in [9.17, 15) is 9.50 Å². The molecule has 1 fully saturated rings. The summed E-state index contributed by atoms with van der Waals surface area (Å²) in [6.07, 6.45) is -4.05. The molecule has 1 aliphatic heterocycles. The minimum atomic E-state index is -1.73. The van der Waals surface area contributed by atoms with Gasteiger partial charge in [0.2, 0.25) is 11.8 Å². The van der Waals surface area contributed by atoms with Gasteiger partial charge in [0.15, 0.2) is 23.6 Å². The van der Waals surface area contributed by atoms with Crippen molar-refractivity contribution < 1.29 is 24.1 Å². The van der Waals surface area contributed by atoms with E-state index in [0.717, 1.165) is 0 Å². The number of methoxy groups -OCH3 is 1. The van der Waals surface area contributed by atoms with Crippen LogP contribution in [0, 0.1) is 0 Å². The molecule has 2 aromatic heterocycles. The SMILES string of the molecule is COc1nc(N)nc2c1ncn2[C@@H]1O[C@H](CO)[C@@H](O)[C@@H]1F. The van der Waals surface area contributed by atoms with Gasteiger partial charge >= 0.3 is 0 Å². The summed E-state index contributed by atoms with van der Waals surface area (Å²) < 4.78 is 25.8. The van der Waals surface area contributed by atoms with Crippen LogP contribution in [0.25, 0.3) is 11.2 Å². The van der Waals surface area contributed by atoms with Crippen molar-refractivity contribution in [2.24, 2.45) is 0 Å². The second kappa shape index (κ2) is 5.06. The molecule has 0 aliphatic carbocycles. The zero-order valence-electron chi connectivity index (χ0n) is 11.0. The van der Waals surface area contributed by atoms with Crippen LogP contribution in [0.15, 0.2) is 6.33 Å². The highest BCUT2D eigenvalue weighted by Gasteiger charge is 2.45. The van der Waals surface area contributed by atoms with Crippen LogP contribution >= 0.6 is 0 Å². The van der Waals surface area contributed by atoms with E-state index in [0.29, 0.717) is 5.52 Å². The Morgan fingerprint density at radius 3 is 2.90 bits per heavy atom. The van der Waals surface area contributed by atoms with E-state index in [1.807, 2.05) is 0 Å². The van der Waals surface area contributed by atoms with Gasteiger partial charge in [-0.25, -0.2) is 9.37 Å². The molecule has 0 unspecified atom stereocenters. The van der Waals surface area contributed by atoms with Gasteiger partial charge in [-0.05, 0) is 0 Å². The number of aromatic nitrogens is 4. The lowest BCUT2D eigenvalue weighted by Crippen LogP contribution is -2.30. The number of ether oxygens (including phenoxy) is 2. The van der Waals surface area contributed by atoms with Gasteiger partial charge in [0.05, 0.1) is 20.0 Å². The molecule has 0 saturated carbocycles. The summed E-state index contributed by atoms with van der Waals surface area (Å²) in [5, 5.41) is 18.7. The smallest absolute Gasteiger partial charge is 0.246 e. The predicted octanol–water partition coefficient (Wildman–Crippen LogP) is -0.994. The summed E-state index contributed by atoms with van der Waals surface area (Å²) in [5.74, 6) is 0.0951. The fourth-order valence-corrected chi connectivity index (χ4v) is 2.31.